The molecule has 1 aromatic rings. The van der Waals surface area contributed by atoms with Crippen molar-refractivity contribution in [3.63, 3.8) is 0 Å². The second-order valence-corrected chi connectivity index (χ2v) is 4.29. The van der Waals surface area contributed by atoms with Crippen LogP contribution in [0.25, 0.3) is 0 Å². The van der Waals surface area contributed by atoms with E-state index in [0.717, 1.165) is 30.1 Å². The number of hydrogen-bond acceptors (Lipinski definition) is 2. The van der Waals surface area contributed by atoms with Gasteiger partial charge < -0.3 is 9.84 Å². The summed E-state index contributed by atoms with van der Waals surface area (Å²) >= 11 is 0. The molecule has 1 aliphatic carbocycles. The Kier molecular flexibility index (Phi) is 1.69. The topological polar surface area (TPSA) is 29.5 Å². The van der Waals surface area contributed by atoms with E-state index in [1.807, 2.05) is 12.1 Å². The molecular formula is C12H14O2. The van der Waals surface area contributed by atoms with Gasteiger partial charge in [-0.3, -0.25) is 0 Å². The van der Waals surface area contributed by atoms with Crippen molar-refractivity contribution >= 4 is 0 Å². The molecule has 0 aromatic heterocycles. The number of ether oxygens (including phenoxy) is 1. The van der Waals surface area contributed by atoms with Crippen molar-refractivity contribution in [3.8, 4) is 11.5 Å². The van der Waals surface area contributed by atoms with E-state index in [9.17, 15) is 5.11 Å². The van der Waals surface area contributed by atoms with Gasteiger partial charge in [-0.2, -0.15) is 0 Å². The highest BCUT2D eigenvalue weighted by molar-refractivity contribution is 5.45. The average molecular weight is 190 g/mol. The maximum atomic E-state index is 9.62. The first-order valence-corrected chi connectivity index (χ1v) is 5.32. The summed E-state index contributed by atoms with van der Waals surface area (Å²) in [6.45, 7) is 0. The third-order valence-electron chi connectivity index (χ3n) is 3.21. The Bertz CT molecular complexity index is 355. The van der Waals surface area contributed by atoms with E-state index < -0.39 is 0 Å². The van der Waals surface area contributed by atoms with Gasteiger partial charge in [0.2, 0.25) is 0 Å². The molecule has 2 heteroatoms. The fourth-order valence-corrected chi connectivity index (χ4v) is 2.22. The van der Waals surface area contributed by atoms with Crippen LogP contribution < -0.4 is 4.74 Å². The van der Waals surface area contributed by atoms with Gasteiger partial charge in [-0.25, -0.2) is 0 Å². The highest BCUT2D eigenvalue weighted by Crippen LogP contribution is 2.42. The number of rotatable bonds is 1. The molecular weight excluding hydrogens is 176 g/mol. The largest absolute Gasteiger partial charge is 0.508 e. The average Bonchev–Trinajstić information content (AvgIpc) is 3.01. The minimum Gasteiger partial charge on any atom is -0.508 e. The highest BCUT2D eigenvalue weighted by atomic mass is 16.5. The van der Waals surface area contributed by atoms with Crippen molar-refractivity contribution in [3.05, 3.63) is 23.8 Å². The summed E-state index contributed by atoms with van der Waals surface area (Å²) < 4.78 is 5.88. The smallest absolute Gasteiger partial charge is 0.126 e. The third-order valence-corrected chi connectivity index (χ3v) is 3.21. The van der Waals surface area contributed by atoms with Gasteiger partial charge in [-0.15, -0.1) is 0 Å². The van der Waals surface area contributed by atoms with Gasteiger partial charge >= 0.3 is 0 Å². The molecule has 2 nitrogen and oxygen atoms in total. The van der Waals surface area contributed by atoms with Gasteiger partial charge in [0.05, 0.1) is 0 Å². The number of phenols is 1. The van der Waals surface area contributed by atoms with Crippen LogP contribution in [-0.4, -0.2) is 11.2 Å². The molecule has 1 aromatic carbocycles. The number of fused-ring (bicyclic) bond motifs is 1. The molecule has 1 aliphatic heterocycles. The van der Waals surface area contributed by atoms with Gasteiger partial charge in [0.1, 0.15) is 17.6 Å². The lowest BCUT2D eigenvalue weighted by Crippen LogP contribution is -2.24. The molecule has 1 N–H and O–H groups in total. The summed E-state index contributed by atoms with van der Waals surface area (Å²) in [6.07, 6.45) is 5.07. The summed E-state index contributed by atoms with van der Waals surface area (Å²) in [4.78, 5) is 0. The van der Waals surface area contributed by atoms with Gasteiger partial charge in [-0.1, -0.05) is 6.07 Å². The molecule has 74 valence electrons. The lowest BCUT2D eigenvalue weighted by atomic mass is 9.99. The molecule has 0 saturated heterocycles. The SMILES string of the molecule is Oc1cccc2c1CCC(C1CC1)O2. The van der Waals surface area contributed by atoms with Gasteiger partial charge in [0, 0.05) is 5.56 Å². The van der Waals surface area contributed by atoms with Crippen LogP contribution in [0.15, 0.2) is 18.2 Å². The summed E-state index contributed by atoms with van der Waals surface area (Å²) in [5.41, 5.74) is 0.990. The second-order valence-electron chi connectivity index (χ2n) is 4.29. The zero-order valence-electron chi connectivity index (χ0n) is 8.07. The molecule has 3 rings (SSSR count). The molecule has 1 unspecified atom stereocenters. The Morgan fingerprint density at radius 2 is 2.07 bits per heavy atom. The summed E-state index contributed by atoms with van der Waals surface area (Å²) in [5, 5.41) is 9.62. The van der Waals surface area contributed by atoms with E-state index in [-0.39, 0.29) is 0 Å². The van der Waals surface area contributed by atoms with Gasteiger partial charge in [-0.05, 0) is 43.7 Å². The van der Waals surface area contributed by atoms with E-state index in [4.69, 9.17) is 4.74 Å². The molecule has 1 saturated carbocycles. The van der Waals surface area contributed by atoms with Crippen LogP contribution in [0.5, 0.6) is 11.5 Å². The van der Waals surface area contributed by atoms with Crippen LogP contribution in [0.2, 0.25) is 0 Å². The standard InChI is InChI=1S/C12H14O2/c13-10-2-1-3-12-9(10)6-7-11(14-12)8-4-5-8/h1-3,8,11,13H,4-7H2. The van der Waals surface area contributed by atoms with E-state index in [1.165, 1.54) is 12.8 Å². The fourth-order valence-electron chi connectivity index (χ4n) is 2.22. The zero-order valence-corrected chi connectivity index (χ0v) is 8.07. The first kappa shape index (κ1) is 8.16. The molecule has 1 atom stereocenters. The minimum absolute atomic E-state index is 0.386. The first-order chi connectivity index (χ1) is 6.84. The number of benzene rings is 1. The quantitative estimate of drug-likeness (QED) is 0.737. The molecule has 0 spiro atoms. The Hall–Kier alpha value is -1.18. The molecule has 1 heterocycles. The van der Waals surface area contributed by atoms with Crippen LogP contribution in [0.1, 0.15) is 24.8 Å². The predicted molar refractivity (Wildman–Crippen MR) is 53.6 cm³/mol. The van der Waals surface area contributed by atoms with E-state index in [1.54, 1.807) is 6.07 Å². The maximum absolute atomic E-state index is 9.62. The van der Waals surface area contributed by atoms with E-state index in [2.05, 4.69) is 0 Å². The summed E-state index contributed by atoms with van der Waals surface area (Å²) in [5.74, 6) is 2.07. The van der Waals surface area contributed by atoms with E-state index in [0.29, 0.717) is 11.9 Å². The van der Waals surface area contributed by atoms with Crippen LogP contribution in [0.4, 0.5) is 0 Å². The highest BCUT2D eigenvalue weighted by Gasteiger charge is 2.35. The lowest BCUT2D eigenvalue weighted by molar-refractivity contribution is 0.150. The maximum Gasteiger partial charge on any atom is 0.126 e. The Labute approximate surface area is 83.5 Å². The van der Waals surface area contributed by atoms with Crippen LogP contribution in [0, 0.1) is 5.92 Å². The van der Waals surface area contributed by atoms with Crippen LogP contribution in [-0.2, 0) is 6.42 Å². The van der Waals surface area contributed by atoms with Crippen molar-refractivity contribution in [2.45, 2.75) is 31.8 Å². The van der Waals surface area contributed by atoms with E-state index >= 15 is 0 Å². The summed E-state index contributed by atoms with van der Waals surface area (Å²) in [7, 11) is 0. The molecule has 1 fully saturated rings. The third kappa shape index (κ3) is 1.26. The second kappa shape index (κ2) is 2.91. The zero-order chi connectivity index (χ0) is 9.54. The number of hydrogen-bond donors (Lipinski definition) is 1. The number of phenolic OH excluding ortho intramolecular Hbond substituents is 1. The van der Waals surface area contributed by atoms with Crippen molar-refractivity contribution in [1.82, 2.24) is 0 Å². The van der Waals surface area contributed by atoms with Crippen LogP contribution >= 0.6 is 0 Å². The molecule has 0 bridgehead atoms. The minimum atomic E-state index is 0.386. The van der Waals surface area contributed by atoms with Crippen molar-refractivity contribution in [2.24, 2.45) is 5.92 Å². The fraction of sp³-hybridized carbons (Fsp3) is 0.500. The monoisotopic (exact) mass is 190 g/mol. The molecule has 14 heavy (non-hydrogen) atoms. The Balaban J connectivity index is 1.90. The summed E-state index contributed by atoms with van der Waals surface area (Å²) in [6, 6.07) is 5.55. The molecule has 2 aliphatic rings. The van der Waals surface area contributed by atoms with Crippen LogP contribution in [0.3, 0.4) is 0 Å². The van der Waals surface area contributed by atoms with Crippen molar-refractivity contribution in [1.29, 1.82) is 0 Å². The van der Waals surface area contributed by atoms with Crippen molar-refractivity contribution < 1.29 is 9.84 Å². The Morgan fingerprint density at radius 1 is 1.21 bits per heavy atom. The normalized spacial score (nSPS) is 25.3. The predicted octanol–water partition coefficient (Wildman–Crippen LogP) is 2.50. The lowest BCUT2D eigenvalue weighted by Gasteiger charge is -2.26. The molecule has 0 amide bonds. The first-order valence-electron chi connectivity index (χ1n) is 5.32. The van der Waals surface area contributed by atoms with Gasteiger partial charge in [0.25, 0.3) is 0 Å². The number of aromatic hydroxyl groups is 1. The molecule has 0 radical (unpaired) electrons. The van der Waals surface area contributed by atoms with Gasteiger partial charge in [0.15, 0.2) is 0 Å². The Morgan fingerprint density at radius 3 is 2.86 bits per heavy atom. The van der Waals surface area contributed by atoms with Crippen molar-refractivity contribution in [2.75, 3.05) is 0 Å².